The number of carbonyl (C=O) groups excluding carboxylic acids is 1. The molecule has 0 fully saturated rings. The normalized spacial score (nSPS) is 14.5. The molecule has 6 nitrogen and oxygen atoms in total. The van der Waals surface area contributed by atoms with E-state index in [0.717, 1.165) is 0 Å². The van der Waals surface area contributed by atoms with E-state index >= 15 is 0 Å². The fourth-order valence-corrected chi connectivity index (χ4v) is 1.47. The van der Waals surface area contributed by atoms with Crippen molar-refractivity contribution in [2.75, 3.05) is 13.2 Å². The summed E-state index contributed by atoms with van der Waals surface area (Å²) >= 11 is 0. The molecule has 6 heteroatoms. The van der Waals surface area contributed by atoms with E-state index in [-0.39, 0.29) is 12.3 Å². The van der Waals surface area contributed by atoms with Crippen LogP contribution in [0, 0.1) is 0 Å². The first kappa shape index (κ1) is 14.1. The van der Waals surface area contributed by atoms with Gasteiger partial charge in [0.05, 0.1) is 0 Å². The molecule has 98 valence electrons. The minimum Gasteiger partial charge on any atom is -0.481 e. The standard InChI is InChI=1S/C12H17N3O3/c13-9-15-7-2-3-10(5-8-15)12(18)14-6-1-4-11(16)17/h3,5,7-8H,1-2,4,6,9,13H2,(H-,14,16,17,18)/p+1. The second kappa shape index (κ2) is 7.39. The van der Waals surface area contributed by atoms with Crippen molar-refractivity contribution in [3.8, 4) is 0 Å². The number of carboxylic acid groups (broad SMARTS) is 1. The van der Waals surface area contributed by atoms with E-state index in [4.69, 9.17) is 10.8 Å². The van der Waals surface area contributed by atoms with Crippen LogP contribution in [-0.2, 0) is 9.59 Å². The van der Waals surface area contributed by atoms with Gasteiger partial charge in [0.25, 0.3) is 5.91 Å². The van der Waals surface area contributed by atoms with Crippen LogP contribution in [-0.4, -0.2) is 41.0 Å². The van der Waals surface area contributed by atoms with Gasteiger partial charge in [-0.2, -0.15) is 4.58 Å². The average molecular weight is 252 g/mol. The molecule has 0 unspecified atom stereocenters. The molecule has 1 heterocycles. The summed E-state index contributed by atoms with van der Waals surface area (Å²) in [7, 11) is 0. The first-order valence-electron chi connectivity index (χ1n) is 5.81. The van der Waals surface area contributed by atoms with Gasteiger partial charge in [-0.3, -0.25) is 15.3 Å². The first-order valence-corrected chi connectivity index (χ1v) is 5.81. The Labute approximate surface area is 105 Å². The Morgan fingerprint density at radius 3 is 2.94 bits per heavy atom. The summed E-state index contributed by atoms with van der Waals surface area (Å²) in [6, 6.07) is 0. The highest BCUT2D eigenvalue weighted by molar-refractivity contribution is 5.96. The first-order chi connectivity index (χ1) is 8.63. The highest BCUT2D eigenvalue weighted by atomic mass is 16.4. The summed E-state index contributed by atoms with van der Waals surface area (Å²) in [4.78, 5) is 22.1. The third kappa shape index (κ3) is 4.92. The lowest BCUT2D eigenvalue weighted by Crippen LogP contribution is -2.25. The minimum atomic E-state index is -0.856. The van der Waals surface area contributed by atoms with Crippen LogP contribution in [0.25, 0.3) is 0 Å². The largest absolute Gasteiger partial charge is 0.481 e. The van der Waals surface area contributed by atoms with E-state index in [9.17, 15) is 9.59 Å². The lowest BCUT2D eigenvalue weighted by atomic mass is 10.2. The Balaban J connectivity index is 2.39. The maximum Gasteiger partial charge on any atom is 0.303 e. The molecule has 1 aliphatic rings. The van der Waals surface area contributed by atoms with Gasteiger partial charge in [0, 0.05) is 31.0 Å². The Morgan fingerprint density at radius 1 is 1.50 bits per heavy atom. The summed E-state index contributed by atoms with van der Waals surface area (Å²) in [5.41, 5.74) is 6.05. The molecule has 18 heavy (non-hydrogen) atoms. The van der Waals surface area contributed by atoms with Crippen LogP contribution in [0.1, 0.15) is 19.3 Å². The van der Waals surface area contributed by atoms with Gasteiger partial charge in [-0.05, 0) is 6.42 Å². The van der Waals surface area contributed by atoms with Gasteiger partial charge in [0.1, 0.15) is 6.21 Å². The highest BCUT2D eigenvalue weighted by Gasteiger charge is 2.09. The molecule has 1 rings (SSSR count). The van der Waals surface area contributed by atoms with Crippen molar-refractivity contribution in [1.82, 2.24) is 5.32 Å². The molecule has 0 saturated heterocycles. The molecule has 0 atom stereocenters. The Bertz CT molecular complexity index is 411. The molecule has 4 N–H and O–H groups in total. The van der Waals surface area contributed by atoms with E-state index in [1.54, 1.807) is 22.9 Å². The predicted molar refractivity (Wildman–Crippen MR) is 67.1 cm³/mol. The van der Waals surface area contributed by atoms with Crippen LogP contribution < -0.4 is 11.1 Å². The van der Waals surface area contributed by atoms with Crippen molar-refractivity contribution in [2.45, 2.75) is 19.3 Å². The van der Waals surface area contributed by atoms with Crippen LogP contribution in [0.15, 0.2) is 23.9 Å². The van der Waals surface area contributed by atoms with Gasteiger partial charge in [-0.15, -0.1) is 0 Å². The topological polar surface area (TPSA) is 95.4 Å². The minimum absolute atomic E-state index is 0.0594. The van der Waals surface area contributed by atoms with Crippen LogP contribution >= 0.6 is 0 Å². The molecule has 0 spiro atoms. The quantitative estimate of drug-likeness (QED) is 0.451. The van der Waals surface area contributed by atoms with E-state index in [0.29, 0.717) is 31.6 Å². The predicted octanol–water partition coefficient (Wildman–Crippen LogP) is -0.189. The number of carbonyl (C=O) groups is 2. The van der Waals surface area contributed by atoms with E-state index in [1.165, 1.54) is 0 Å². The highest BCUT2D eigenvalue weighted by Crippen LogP contribution is 2.02. The monoisotopic (exact) mass is 252 g/mol. The maximum absolute atomic E-state index is 11.7. The second-order valence-corrected chi connectivity index (χ2v) is 3.84. The molecule has 1 amide bonds. The van der Waals surface area contributed by atoms with Gasteiger partial charge in [0.15, 0.2) is 12.9 Å². The van der Waals surface area contributed by atoms with Gasteiger partial charge in [0.2, 0.25) is 0 Å². The molecule has 0 radical (unpaired) electrons. The summed E-state index contributed by atoms with van der Waals surface area (Å²) < 4.78 is 1.79. The number of nitrogens with two attached hydrogens (primary N) is 1. The summed E-state index contributed by atoms with van der Waals surface area (Å²) in [6.07, 6.45) is 8.27. The molecule has 0 aliphatic carbocycles. The maximum atomic E-state index is 11.7. The Kier molecular flexibility index (Phi) is 5.79. The number of carboxylic acids is 1. The Hall–Kier alpha value is -1.95. The zero-order chi connectivity index (χ0) is 13.4. The molecule has 0 saturated carbocycles. The number of nitrogens with one attached hydrogen (secondary N) is 1. The summed E-state index contributed by atoms with van der Waals surface area (Å²) in [5, 5.41) is 11.1. The number of allylic oxidation sites excluding steroid dienone is 1. The summed E-state index contributed by atoms with van der Waals surface area (Å²) in [6.45, 7) is 0.735. The number of aliphatic carboxylic acids is 1. The molecule has 0 aromatic carbocycles. The van der Waals surface area contributed by atoms with Crippen molar-refractivity contribution in [1.29, 1.82) is 0 Å². The lowest BCUT2D eigenvalue weighted by molar-refractivity contribution is -0.451. The van der Waals surface area contributed by atoms with Crippen molar-refractivity contribution in [2.24, 2.45) is 5.73 Å². The Morgan fingerprint density at radius 2 is 2.28 bits per heavy atom. The molecular formula is C12H18N3O3+. The fourth-order valence-electron chi connectivity index (χ4n) is 1.47. The molecule has 0 bridgehead atoms. The number of amides is 1. The van der Waals surface area contributed by atoms with Gasteiger partial charge < -0.3 is 10.4 Å². The SMILES string of the molecule is NC[N+]1=CCC=C(C(=O)NCCCC(=O)O)C=C1. The number of nitrogens with zero attached hydrogens (tertiary/aromatic N) is 1. The third-order valence-corrected chi connectivity index (χ3v) is 2.45. The van der Waals surface area contributed by atoms with Crippen LogP contribution in [0.3, 0.4) is 0 Å². The van der Waals surface area contributed by atoms with Crippen molar-refractivity contribution < 1.29 is 19.3 Å². The number of hydrogen-bond acceptors (Lipinski definition) is 3. The van der Waals surface area contributed by atoms with E-state index in [2.05, 4.69) is 5.32 Å². The molecule has 0 aromatic rings. The fraction of sp³-hybridized carbons (Fsp3) is 0.417. The average Bonchev–Trinajstić information content (AvgIpc) is 2.59. The lowest BCUT2D eigenvalue weighted by Gasteiger charge is -2.03. The third-order valence-electron chi connectivity index (χ3n) is 2.45. The molecular weight excluding hydrogens is 234 g/mol. The van der Waals surface area contributed by atoms with Crippen molar-refractivity contribution >= 4 is 18.1 Å². The van der Waals surface area contributed by atoms with Gasteiger partial charge in [-0.25, -0.2) is 0 Å². The van der Waals surface area contributed by atoms with E-state index < -0.39 is 5.97 Å². The zero-order valence-electron chi connectivity index (χ0n) is 10.1. The second-order valence-electron chi connectivity index (χ2n) is 3.84. The smallest absolute Gasteiger partial charge is 0.303 e. The van der Waals surface area contributed by atoms with Gasteiger partial charge in [-0.1, -0.05) is 6.08 Å². The zero-order valence-corrected chi connectivity index (χ0v) is 10.1. The van der Waals surface area contributed by atoms with Crippen molar-refractivity contribution in [3.63, 3.8) is 0 Å². The number of rotatable bonds is 6. The summed E-state index contributed by atoms with van der Waals surface area (Å²) in [5.74, 6) is -1.05. The van der Waals surface area contributed by atoms with Crippen LogP contribution in [0.2, 0.25) is 0 Å². The van der Waals surface area contributed by atoms with E-state index in [1.807, 2.05) is 6.21 Å². The van der Waals surface area contributed by atoms with Crippen LogP contribution in [0.5, 0.6) is 0 Å². The van der Waals surface area contributed by atoms with Crippen molar-refractivity contribution in [3.05, 3.63) is 23.9 Å². The van der Waals surface area contributed by atoms with Gasteiger partial charge >= 0.3 is 5.97 Å². The van der Waals surface area contributed by atoms with Crippen LogP contribution in [0.4, 0.5) is 0 Å². The number of hydrogen-bond donors (Lipinski definition) is 3. The molecule has 1 aliphatic heterocycles. The molecule has 0 aromatic heterocycles.